The second-order valence-electron chi connectivity index (χ2n) is 20.2. The van der Waals surface area contributed by atoms with Gasteiger partial charge in [0.2, 0.25) is 0 Å². The van der Waals surface area contributed by atoms with Gasteiger partial charge < -0.3 is 19.7 Å². The number of allylic oxidation sites excluding steroid dienone is 12. The Balaban J connectivity index is 1.06. The van der Waals surface area contributed by atoms with Crippen molar-refractivity contribution in [1.82, 2.24) is 0 Å². The minimum Gasteiger partial charge on any atom is -0.462 e. The van der Waals surface area contributed by atoms with Gasteiger partial charge in [-0.3, -0.25) is 28.8 Å². The van der Waals surface area contributed by atoms with E-state index in [1.54, 1.807) is 0 Å². The number of halogens is 2. The maximum atomic E-state index is 14.0. The van der Waals surface area contributed by atoms with E-state index in [0.29, 0.717) is 34.1 Å². The summed E-state index contributed by atoms with van der Waals surface area (Å²) < 4.78 is 12.8. The topological polar surface area (TPSA) is 161 Å². The summed E-state index contributed by atoms with van der Waals surface area (Å²) in [6.07, 6.45) is 13.9. The van der Waals surface area contributed by atoms with Crippen molar-refractivity contribution in [2.24, 2.45) is 80.8 Å². The highest BCUT2D eigenvalue weighted by Gasteiger charge is 2.67. The summed E-state index contributed by atoms with van der Waals surface area (Å²) in [5.74, 6) is -4.09. The van der Waals surface area contributed by atoms with Gasteiger partial charge in [0.15, 0.2) is 23.1 Å². The molecule has 0 aliphatic heterocycles. The molecule has 4 fully saturated rings. The Hall–Kier alpha value is -3.44. The van der Waals surface area contributed by atoms with Gasteiger partial charge in [0.1, 0.15) is 25.4 Å². The third-order valence-electron chi connectivity index (χ3n) is 16.9. The van der Waals surface area contributed by atoms with Crippen molar-refractivity contribution in [3.05, 3.63) is 69.8 Å². The predicted octanol–water partition coefficient (Wildman–Crippen LogP) is 6.96. The third kappa shape index (κ3) is 6.47. The van der Waals surface area contributed by atoms with E-state index in [-0.39, 0.29) is 83.3 Å². The first-order chi connectivity index (χ1) is 28.2. The summed E-state index contributed by atoms with van der Waals surface area (Å²) >= 11 is 13.9. The third-order valence-corrected chi connectivity index (χ3v) is 17.6. The lowest BCUT2D eigenvalue weighted by molar-refractivity contribution is -0.175. The fourth-order valence-corrected chi connectivity index (χ4v) is 15.6. The van der Waals surface area contributed by atoms with E-state index in [1.807, 2.05) is 65.8 Å². The lowest BCUT2D eigenvalue weighted by Gasteiger charge is -2.57. The molecule has 0 spiro atoms. The summed E-state index contributed by atoms with van der Waals surface area (Å²) in [6.45, 7) is 11.0. The van der Waals surface area contributed by atoms with Crippen molar-refractivity contribution in [3.63, 3.8) is 0 Å². The fraction of sp³-hybridized carbons (Fsp3) is 0.625. The molecule has 12 heteroatoms. The molecule has 0 aromatic carbocycles. The number of aliphatic hydroxyl groups excluding tert-OH is 2. The number of carbonyl (C=O) groups is 6. The SMILES string of the molecule is CC1C[C@H]2[C@@H]3C=C(Cl)C4=CC(=O)C=C[C@]4(C)[C@H]3C(OC(=O)CCC(=O)OC3C[C@]4(C)[C@@H](C(=O)CO)C(C)C[C@H]4[C@@H]4C=C(Cl)C5=CC(=O)C=C[C@]5(C)[C@@H]34)C[C@]2(C)[C@H]1C(=O)CO. The number of Topliss-reactive ketones (excluding diaryl/α,β-unsaturated/α-hetero) is 2. The van der Waals surface area contributed by atoms with Crippen LogP contribution < -0.4 is 0 Å². The van der Waals surface area contributed by atoms with Gasteiger partial charge >= 0.3 is 11.9 Å². The molecule has 2 N–H and O–H groups in total. The standard InChI is InChI=1S/C48H56Cl2O10/c1-23-13-29-27-17-33(49)31-15-25(53)9-11-45(31,3)43(27)37(19-47(29,5)41(23)35(55)21-51)59-39(57)7-8-40(58)60-38-20-48(6)30(14-24(2)42(48)36(56)22-52)28-18-34(50)32-16-26(54)10-12-46(32,4)44(28)38/h9-12,15-18,23-24,27-30,37-38,41-44,51-52H,7-8,13-14,19-22H2,1-6H3/t23?,24?,27-,28-,29-,30-,37?,38?,41+,42+,43+,44+,45-,46-,47-,48-/m0/s1. The monoisotopic (exact) mass is 862 g/mol. The van der Waals surface area contributed by atoms with Crippen LogP contribution in [0.4, 0.5) is 0 Å². The Bertz CT molecular complexity index is 1980. The highest BCUT2D eigenvalue weighted by Crippen LogP contribution is 2.69. The van der Waals surface area contributed by atoms with Crippen LogP contribution in [0.25, 0.3) is 0 Å². The molecule has 0 aromatic rings. The zero-order valence-corrected chi connectivity index (χ0v) is 36.6. The van der Waals surface area contributed by atoms with Crippen LogP contribution in [0.15, 0.2) is 69.8 Å². The van der Waals surface area contributed by atoms with Gasteiger partial charge in [0.05, 0.1) is 12.8 Å². The van der Waals surface area contributed by atoms with Gasteiger partial charge in [0.25, 0.3) is 0 Å². The first-order valence-electron chi connectivity index (χ1n) is 21.5. The van der Waals surface area contributed by atoms with Crippen molar-refractivity contribution in [1.29, 1.82) is 0 Å². The minimum atomic E-state index is -0.755. The maximum Gasteiger partial charge on any atom is 0.306 e. The van der Waals surface area contributed by atoms with Gasteiger partial charge in [-0.05, 0) is 107 Å². The van der Waals surface area contributed by atoms with Gasteiger partial charge in [-0.1, -0.05) is 89.0 Å². The highest BCUT2D eigenvalue weighted by molar-refractivity contribution is 6.33. The van der Waals surface area contributed by atoms with Crippen molar-refractivity contribution in [2.75, 3.05) is 13.2 Å². The molecule has 10 nitrogen and oxygen atoms in total. The zero-order chi connectivity index (χ0) is 43.4. The molecule has 0 heterocycles. The summed E-state index contributed by atoms with van der Waals surface area (Å²) in [4.78, 5) is 79.9. The molecular formula is C48H56Cl2O10. The smallest absolute Gasteiger partial charge is 0.306 e. The average molecular weight is 864 g/mol. The molecule has 0 bridgehead atoms. The molecule has 8 rings (SSSR count). The van der Waals surface area contributed by atoms with E-state index in [2.05, 4.69) is 0 Å². The van der Waals surface area contributed by atoms with Crippen LogP contribution in [0.2, 0.25) is 0 Å². The molecule has 4 saturated carbocycles. The molecule has 0 saturated heterocycles. The lowest BCUT2D eigenvalue weighted by atomic mass is 9.48. The van der Waals surface area contributed by atoms with Crippen LogP contribution in [-0.4, -0.2) is 70.7 Å². The molecule has 8 aliphatic carbocycles. The van der Waals surface area contributed by atoms with Crippen LogP contribution >= 0.6 is 23.2 Å². The van der Waals surface area contributed by atoms with Gasteiger partial charge in [-0.15, -0.1) is 0 Å². The number of esters is 2. The first kappa shape index (κ1) is 43.2. The summed E-state index contributed by atoms with van der Waals surface area (Å²) in [5, 5.41) is 21.0. The molecular weight excluding hydrogens is 807 g/mol. The number of fused-ring (bicyclic) bond motifs is 10. The van der Waals surface area contributed by atoms with E-state index in [9.17, 15) is 39.0 Å². The van der Waals surface area contributed by atoms with Crippen molar-refractivity contribution >= 4 is 58.3 Å². The Morgan fingerprint density at radius 2 is 1.03 bits per heavy atom. The number of ether oxygens (including phenoxy) is 2. The Morgan fingerprint density at radius 1 is 0.667 bits per heavy atom. The van der Waals surface area contributed by atoms with Crippen molar-refractivity contribution < 1.29 is 48.5 Å². The van der Waals surface area contributed by atoms with E-state index in [4.69, 9.17) is 32.7 Å². The largest absolute Gasteiger partial charge is 0.462 e. The minimum absolute atomic E-state index is 0.00385. The summed E-state index contributed by atoms with van der Waals surface area (Å²) in [7, 11) is 0. The number of aliphatic hydroxyl groups is 2. The maximum absolute atomic E-state index is 14.0. The van der Waals surface area contributed by atoms with Gasteiger partial charge in [-0.2, -0.15) is 0 Å². The van der Waals surface area contributed by atoms with E-state index >= 15 is 0 Å². The quantitative estimate of drug-likeness (QED) is 0.232. The van der Waals surface area contributed by atoms with Crippen LogP contribution in [0.3, 0.4) is 0 Å². The molecule has 60 heavy (non-hydrogen) atoms. The second-order valence-corrected chi connectivity index (χ2v) is 21.0. The predicted molar refractivity (Wildman–Crippen MR) is 223 cm³/mol. The number of rotatable bonds is 9. The van der Waals surface area contributed by atoms with Crippen LogP contribution in [0, 0.1) is 80.8 Å². The second kappa shape index (κ2) is 15.1. The van der Waals surface area contributed by atoms with Crippen LogP contribution in [0.5, 0.6) is 0 Å². The zero-order valence-electron chi connectivity index (χ0n) is 35.1. The average Bonchev–Trinajstić information content (AvgIpc) is 3.61. The molecule has 0 radical (unpaired) electrons. The molecule has 4 unspecified atom stereocenters. The normalized spacial score (nSPS) is 44.7. The molecule has 0 amide bonds. The first-order valence-corrected chi connectivity index (χ1v) is 22.3. The van der Waals surface area contributed by atoms with Crippen molar-refractivity contribution in [2.45, 2.75) is 92.3 Å². The van der Waals surface area contributed by atoms with Crippen molar-refractivity contribution in [3.8, 4) is 0 Å². The molecule has 16 atom stereocenters. The summed E-state index contributed by atoms with van der Waals surface area (Å²) in [6, 6.07) is 0. The molecule has 322 valence electrons. The highest BCUT2D eigenvalue weighted by atomic mass is 35.5. The van der Waals surface area contributed by atoms with Gasteiger partial charge in [-0.25, -0.2) is 0 Å². The lowest BCUT2D eigenvalue weighted by Crippen LogP contribution is -2.57. The molecule has 0 aromatic heterocycles. The summed E-state index contributed by atoms with van der Waals surface area (Å²) in [5.41, 5.74) is -1.44. The Labute approximate surface area is 361 Å². The van der Waals surface area contributed by atoms with Crippen LogP contribution in [-0.2, 0) is 38.2 Å². The fourth-order valence-electron chi connectivity index (χ4n) is 14.8. The molecule has 8 aliphatic rings. The number of ketones is 4. The van der Waals surface area contributed by atoms with E-state index < -0.39 is 70.9 Å². The van der Waals surface area contributed by atoms with Gasteiger partial charge in [0, 0.05) is 44.6 Å². The number of carbonyl (C=O) groups excluding carboxylic acids is 6. The van der Waals surface area contributed by atoms with E-state index in [0.717, 1.165) is 12.8 Å². The Morgan fingerprint density at radius 3 is 1.38 bits per heavy atom. The number of hydrogen-bond acceptors (Lipinski definition) is 10. The van der Waals surface area contributed by atoms with Crippen LogP contribution in [0.1, 0.15) is 80.1 Å². The Kier molecular flexibility index (Phi) is 10.9. The van der Waals surface area contributed by atoms with E-state index in [1.165, 1.54) is 24.3 Å². The number of hydrogen-bond donors (Lipinski definition) is 2.